The Kier molecular flexibility index (Phi) is 7.04. The molecule has 2 heterocycles. The van der Waals surface area contributed by atoms with Crippen LogP contribution >= 0.6 is 11.5 Å². The van der Waals surface area contributed by atoms with Crippen LogP contribution in [0.1, 0.15) is 44.0 Å². The van der Waals surface area contributed by atoms with Crippen molar-refractivity contribution >= 4 is 22.6 Å². The smallest absolute Gasteiger partial charge is 0.222 e. The SMILES string of the molecule is CCCCCC(=O)N1CCN(c2nc(Cc3cccc(OC)c3)ns2)CC1. The van der Waals surface area contributed by atoms with E-state index < -0.39 is 0 Å². The van der Waals surface area contributed by atoms with E-state index in [4.69, 9.17) is 9.72 Å². The van der Waals surface area contributed by atoms with Crippen LogP contribution in [0.25, 0.3) is 0 Å². The number of hydrogen-bond acceptors (Lipinski definition) is 6. The highest BCUT2D eigenvalue weighted by Gasteiger charge is 2.23. The van der Waals surface area contributed by atoms with Crippen LogP contribution in [0.15, 0.2) is 24.3 Å². The molecule has 3 rings (SSSR count). The van der Waals surface area contributed by atoms with Crippen LogP contribution in [-0.4, -0.2) is 53.5 Å². The van der Waals surface area contributed by atoms with Gasteiger partial charge in [-0.15, -0.1) is 0 Å². The molecule has 146 valence electrons. The van der Waals surface area contributed by atoms with Gasteiger partial charge in [-0.3, -0.25) is 4.79 Å². The minimum atomic E-state index is 0.291. The molecule has 1 saturated heterocycles. The van der Waals surface area contributed by atoms with E-state index in [1.165, 1.54) is 11.5 Å². The number of piperazine rings is 1. The number of aromatic nitrogens is 2. The maximum atomic E-state index is 12.2. The van der Waals surface area contributed by atoms with E-state index in [1.54, 1.807) is 7.11 Å². The molecular weight excluding hydrogens is 360 g/mol. The van der Waals surface area contributed by atoms with Gasteiger partial charge in [-0.2, -0.15) is 4.37 Å². The van der Waals surface area contributed by atoms with Crippen molar-refractivity contribution < 1.29 is 9.53 Å². The van der Waals surface area contributed by atoms with Crippen molar-refractivity contribution in [2.24, 2.45) is 0 Å². The fourth-order valence-corrected chi connectivity index (χ4v) is 3.98. The van der Waals surface area contributed by atoms with E-state index in [0.29, 0.717) is 18.7 Å². The molecular formula is C20H28N4O2S. The summed E-state index contributed by atoms with van der Waals surface area (Å²) in [6.07, 6.45) is 4.66. The molecule has 0 radical (unpaired) electrons. The Morgan fingerprint density at radius 1 is 1.22 bits per heavy atom. The first-order valence-corrected chi connectivity index (χ1v) is 10.4. The van der Waals surface area contributed by atoms with E-state index in [0.717, 1.165) is 67.7 Å². The molecule has 27 heavy (non-hydrogen) atoms. The molecule has 0 atom stereocenters. The summed E-state index contributed by atoms with van der Waals surface area (Å²) in [5.74, 6) is 1.98. The van der Waals surface area contributed by atoms with Crippen molar-refractivity contribution in [1.29, 1.82) is 0 Å². The van der Waals surface area contributed by atoms with Gasteiger partial charge in [-0.1, -0.05) is 31.9 Å². The number of rotatable bonds is 8. The molecule has 0 bridgehead atoms. The number of carbonyl (C=O) groups is 1. The lowest BCUT2D eigenvalue weighted by molar-refractivity contribution is -0.131. The summed E-state index contributed by atoms with van der Waals surface area (Å²) < 4.78 is 9.79. The van der Waals surface area contributed by atoms with E-state index in [1.807, 2.05) is 23.1 Å². The molecule has 1 fully saturated rings. The fraction of sp³-hybridized carbons (Fsp3) is 0.550. The summed E-state index contributed by atoms with van der Waals surface area (Å²) in [7, 11) is 1.67. The van der Waals surface area contributed by atoms with Crippen molar-refractivity contribution in [1.82, 2.24) is 14.3 Å². The summed E-state index contributed by atoms with van der Waals surface area (Å²) in [4.78, 5) is 21.2. The van der Waals surface area contributed by atoms with Gasteiger partial charge in [-0.05, 0) is 24.1 Å². The average molecular weight is 389 g/mol. The molecule has 0 unspecified atom stereocenters. The topological polar surface area (TPSA) is 58.6 Å². The predicted octanol–water partition coefficient (Wildman–Crippen LogP) is 3.37. The van der Waals surface area contributed by atoms with Crippen molar-refractivity contribution in [2.75, 3.05) is 38.2 Å². The van der Waals surface area contributed by atoms with Crippen LogP contribution in [0, 0.1) is 0 Å². The molecule has 1 aliphatic rings. The summed E-state index contributed by atoms with van der Waals surface area (Å²) in [6.45, 7) is 5.36. The predicted molar refractivity (Wildman–Crippen MR) is 109 cm³/mol. The third-order valence-electron chi connectivity index (χ3n) is 4.85. The van der Waals surface area contributed by atoms with Gasteiger partial charge in [0.25, 0.3) is 0 Å². The number of anilines is 1. The molecule has 0 N–H and O–H groups in total. The standard InChI is InChI=1S/C20H28N4O2S/c1-3-4-5-9-19(25)23-10-12-24(13-11-23)20-21-18(22-27-20)15-16-7-6-8-17(14-16)26-2/h6-8,14H,3-5,9-13,15H2,1-2H3. The van der Waals surface area contributed by atoms with Crippen LogP contribution in [0.5, 0.6) is 5.75 Å². The van der Waals surface area contributed by atoms with Crippen LogP contribution in [-0.2, 0) is 11.2 Å². The minimum absolute atomic E-state index is 0.291. The zero-order valence-corrected chi connectivity index (χ0v) is 17.0. The highest BCUT2D eigenvalue weighted by Crippen LogP contribution is 2.22. The normalized spacial score (nSPS) is 14.4. The van der Waals surface area contributed by atoms with Crippen LogP contribution in [0.3, 0.4) is 0 Å². The van der Waals surface area contributed by atoms with Crippen LogP contribution in [0.2, 0.25) is 0 Å². The maximum Gasteiger partial charge on any atom is 0.222 e. The highest BCUT2D eigenvalue weighted by atomic mass is 32.1. The molecule has 0 spiro atoms. The van der Waals surface area contributed by atoms with E-state index in [-0.39, 0.29) is 0 Å². The number of carbonyl (C=O) groups excluding carboxylic acids is 1. The van der Waals surface area contributed by atoms with Gasteiger partial charge in [-0.25, -0.2) is 4.98 Å². The molecule has 0 aliphatic carbocycles. The molecule has 7 heteroatoms. The van der Waals surface area contributed by atoms with E-state index in [2.05, 4.69) is 22.3 Å². The number of ether oxygens (including phenoxy) is 1. The Morgan fingerprint density at radius 2 is 2.04 bits per heavy atom. The summed E-state index contributed by atoms with van der Waals surface area (Å²) in [6, 6.07) is 8.00. The van der Waals surface area contributed by atoms with Crippen molar-refractivity contribution in [3.63, 3.8) is 0 Å². The molecule has 1 aliphatic heterocycles. The fourth-order valence-electron chi connectivity index (χ4n) is 3.24. The van der Waals surface area contributed by atoms with Crippen LogP contribution in [0.4, 0.5) is 5.13 Å². The highest BCUT2D eigenvalue weighted by molar-refractivity contribution is 7.09. The first kappa shape index (κ1) is 19.6. The Bertz CT molecular complexity index is 741. The van der Waals surface area contributed by atoms with Crippen molar-refractivity contribution in [3.05, 3.63) is 35.7 Å². The van der Waals surface area contributed by atoms with E-state index >= 15 is 0 Å². The number of hydrogen-bond donors (Lipinski definition) is 0. The van der Waals surface area contributed by atoms with Gasteiger partial charge < -0.3 is 14.5 Å². The minimum Gasteiger partial charge on any atom is -0.497 e. The number of nitrogens with zero attached hydrogens (tertiary/aromatic N) is 4. The van der Waals surface area contributed by atoms with Gasteiger partial charge in [0, 0.05) is 50.6 Å². The van der Waals surface area contributed by atoms with Crippen molar-refractivity contribution in [2.45, 2.75) is 39.0 Å². The lowest BCUT2D eigenvalue weighted by Crippen LogP contribution is -2.48. The average Bonchev–Trinajstić information content (AvgIpc) is 3.17. The largest absolute Gasteiger partial charge is 0.497 e. The number of benzene rings is 1. The molecule has 6 nitrogen and oxygen atoms in total. The van der Waals surface area contributed by atoms with Crippen LogP contribution < -0.4 is 9.64 Å². The Balaban J connectivity index is 1.51. The third kappa shape index (κ3) is 5.42. The molecule has 1 aromatic heterocycles. The Morgan fingerprint density at radius 3 is 2.78 bits per heavy atom. The van der Waals surface area contributed by atoms with Crippen molar-refractivity contribution in [3.8, 4) is 5.75 Å². The molecule has 1 aromatic carbocycles. The second kappa shape index (κ2) is 9.69. The summed E-state index contributed by atoms with van der Waals surface area (Å²) in [5.41, 5.74) is 1.14. The summed E-state index contributed by atoms with van der Waals surface area (Å²) >= 11 is 1.44. The molecule has 1 amide bonds. The quantitative estimate of drug-likeness (QED) is 0.649. The van der Waals surface area contributed by atoms with E-state index in [9.17, 15) is 4.79 Å². The zero-order valence-electron chi connectivity index (χ0n) is 16.2. The van der Waals surface area contributed by atoms with Gasteiger partial charge in [0.15, 0.2) is 0 Å². The van der Waals surface area contributed by atoms with Gasteiger partial charge in [0.1, 0.15) is 11.6 Å². The zero-order chi connectivity index (χ0) is 19.1. The lowest BCUT2D eigenvalue weighted by Gasteiger charge is -2.34. The second-order valence-corrected chi connectivity index (χ2v) is 7.58. The first-order chi connectivity index (χ1) is 13.2. The maximum absolute atomic E-state index is 12.2. The first-order valence-electron chi connectivity index (χ1n) is 9.68. The Hall–Kier alpha value is -2.15. The third-order valence-corrected chi connectivity index (χ3v) is 5.67. The Labute approximate surface area is 165 Å². The number of methoxy groups -OCH3 is 1. The number of unbranched alkanes of at least 4 members (excludes halogenated alkanes) is 2. The number of amides is 1. The molecule has 2 aromatic rings. The summed E-state index contributed by atoms with van der Waals surface area (Å²) in [5, 5.41) is 0.950. The van der Waals surface area contributed by atoms with Gasteiger partial charge in [0.05, 0.1) is 7.11 Å². The van der Waals surface area contributed by atoms with Gasteiger partial charge in [0.2, 0.25) is 11.0 Å². The second-order valence-electron chi connectivity index (χ2n) is 6.85. The van der Waals surface area contributed by atoms with Gasteiger partial charge >= 0.3 is 0 Å². The lowest BCUT2D eigenvalue weighted by atomic mass is 10.1. The monoisotopic (exact) mass is 388 g/mol. The molecule has 0 saturated carbocycles.